The van der Waals surface area contributed by atoms with Gasteiger partial charge in [-0.1, -0.05) is 84.4 Å². The quantitative estimate of drug-likeness (QED) is 0.263. The van der Waals surface area contributed by atoms with Crippen LogP contribution in [0, 0.1) is 5.82 Å². The van der Waals surface area contributed by atoms with E-state index in [1.807, 2.05) is 30.3 Å². The fraction of sp³-hybridized carbons (Fsp3) is 0.161. The van der Waals surface area contributed by atoms with Gasteiger partial charge in [0.25, 0.3) is 10.0 Å². The zero-order valence-electron chi connectivity index (χ0n) is 22.3. The maximum atomic E-state index is 15.0. The van der Waals surface area contributed by atoms with Gasteiger partial charge in [-0.3, -0.25) is 13.9 Å². The molecule has 0 saturated carbocycles. The molecule has 212 valence electrons. The number of para-hydroxylation sites is 1. The van der Waals surface area contributed by atoms with E-state index in [1.54, 1.807) is 42.5 Å². The van der Waals surface area contributed by atoms with Gasteiger partial charge < -0.3 is 10.2 Å². The van der Waals surface area contributed by atoms with Gasteiger partial charge in [-0.15, -0.1) is 0 Å². The van der Waals surface area contributed by atoms with Crippen molar-refractivity contribution in [2.75, 3.05) is 17.9 Å². The third-order valence-electron chi connectivity index (χ3n) is 6.51. The standard InChI is InChI=1S/C31H29ClFN3O4S/c1-34-31(38)29(20-23-10-4-2-5-11-23)35(21-24-16-18-25(32)19-17-24)30(37)22-36(28-15-9-8-14-27(28)33)41(39,40)26-12-6-3-7-13-26/h2-19,29H,20-22H2,1H3,(H,34,38)/t29-/m0/s1. The predicted octanol–water partition coefficient (Wildman–Crippen LogP) is 5.06. The Labute approximate surface area is 244 Å². The fourth-order valence-electron chi connectivity index (χ4n) is 4.39. The lowest BCUT2D eigenvalue weighted by molar-refractivity contribution is -0.139. The van der Waals surface area contributed by atoms with E-state index < -0.39 is 40.2 Å². The molecule has 0 heterocycles. The number of sulfonamides is 1. The van der Waals surface area contributed by atoms with Gasteiger partial charge in [0.2, 0.25) is 11.8 Å². The van der Waals surface area contributed by atoms with Crippen molar-refractivity contribution in [3.8, 4) is 0 Å². The van der Waals surface area contributed by atoms with Crippen LogP contribution in [0.2, 0.25) is 5.02 Å². The summed E-state index contributed by atoms with van der Waals surface area (Å²) in [6.07, 6.45) is 0.172. The second kappa shape index (κ2) is 13.4. The third-order valence-corrected chi connectivity index (χ3v) is 8.54. The zero-order valence-corrected chi connectivity index (χ0v) is 23.9. The van der Waals surface area contributed by atoms with E-state index in [0.29, 0.717) is 10.6 Å². The van der Waals surface area contributed by atoms with E-state index in [1.165, 1.54) is 42.3 Å². The molecule has 1 N–H and O–H groups in total. The van der Waals surface area contributed by atoms with Crippen LogP contribution in [0.3, 0.4) is 0 Å². The highest BCUT2D eigenvalue weighted by Crippen LogP contribution is 2.27. The Kier molecular flexibility index (Phi) is 9.75. The van der Waals surface area contributed by atoms with Crippen LogP contribution in [-0.2, 0) is 32.6 Å². The van der Waals surface area contributed by atoms with Crippen molar-refractivity contribution in [3.63, 3.8) is 0 Å². The van der Waals surface area contributed by atoms with Crippen molar-refractivity contribution < 1.29 is 22.4 Å². The average molecular weight is 594 g/mol. The molecular formula is C31H29ClFN3O4S. The highest BCUT2D eigenvalue weighted by Gasteiger charge is 2.35. The van der Waals surface area contributed by atoms with E-state index in [-0.39, 0.29) is 23.5 Å². The van der Waals surface area contributed by atoms with Crippen molar-refractivity contribution >= 4 is 39.1 Å². The Morgan fingerprint density at radius 3 is 2.02 bits per heavy atom. The largest absolute Gasteiger partial charge is 0.357 e. The minimum absolute atomic E-state index is 0.0164. The number of halogens is 2. The number of nitrogens with one attached hydrogen (secondary N) is 1. The summed E-state index contributed by atoms with van der Waals surface area (Å²) in [6.45, 7) is -0.758. The lowest BCUT2D eigenvalue weighted by Gasteiger charge is -2.33. The number of hydrogen-bond donors (Lipinski definition) is 1. The van der Waals surface area contributed by atoms with Gasteiger partial charge in [-0.05, 0) is 47.5 Å². The van der Waals surface area contributed by atoms with E-state index >= 15 is 4.39 Å². The lowest BCUT2D eigenvalue weighted by Crippen LogP contribution is -2.53. The summed E-state index contributed by atoms with van der Waals surface area (Å²) in [4.78, 5) is 28.6. The number of rotatable bonds is 11. The summed E-state index contributed by atoms with van der Waals surface area (Å²) < 4.78 is 43.4. The second-order valence-electron chi connectivity index (χ2n) is 9.24. The molecule has 10 heteroatoms. The SMILES string of the molecule is CNC(=O)[C@H](Cc1ccccc1)N(Cc1ccc(Cl)cc1)C(=O)CN(c1ccccc1F)S(=O)(=O)c1ccccc1. The summed E-state index contributed by atoms with van der Waals surface area (Å²) in [5, 5.41) is 3.12. The van der Waals surface area contributed by atoms with Gasteiger partial charge in [-0.2, -0.15) is 0 Å². The zero-order chi connectivity index (χ0) is 29.4. The van der Waals surface area contributed by atoms with Crippen LogP contribution in [-0.4, -0.2) is 44.8 Å². The van der Waals surface area contributed by atoms with Crippen molar-refractivity contribution in [3.05, 3.63) is 131 Å². The first kappa shape index (κ1) is 29.8. The maximum absolute atomic E-state index is 15.0. The molecule has 7 nitrogen and oxygen atoms in total. The Hall–Kier alpha value is -4.21. The number of hydrogen-bond acceptors (Lipinski definition) is 4. The molecule has 0 aromatic heterocycles. The van der Waals surface area contributed by atoms with E-state index in [0.717, 1.165) is 15.9 Å². The van der Waals surface area contributed by atoms with Gasteiger partial charge >= 0.3 is 0 Å². The highest BCUT2D eigenvalue weighted by atomic mass is 35.5. The molecule has 0 bridgehead atoms. The normalized spacial score (nSPS) is 11.9. The molecule has 0 aliphatic rings. The first-order valence-electron chi connectivity index (χ1n) is 12.8. The molecule has 0 fully saturated rings. The molecule has 0 radical (unpaired) electrons. The number of benzene rings is 4. The minimum Gasteiger partial charge on any atom is -0.357 e. The maximum Gasteiger partial charge on any atom is 0.264 e. The number of anilines is 1. The van der Waals surface area contributed by atoms with Crippen LogP contribution >= 0.6 is 11.6 Å². The Balaban J connectivity index is 1.78. The number of carbonyl (C=O) groups excluding carboxylic acids is 2. The first-order valence-corrected chi connectivity index (χ1v) is 14.6. The molecule has 4 aromatic carbocycles. The highest BCUT2D eigenvalue weighted by molar-refractivity contribution is 7.92. The molecule has 0 aliphatic heterocycles. The van der Waals surface area contributed by atoms with Gasteiger partial charge in [0, 0.05) is 25.0 Å². The molecule has 0 spiro atoms. The average Bonchev–Trinajstić information content (AvgIpc) is 2.99. The number of amides is 2. The molecular weight excluding hydrogens is 565 g/mol. The smallest absolute Gasteiger partial charge is 0.264 e. The summed E-state index contributed by atoms with van der Waals surface area (Å²) in [5.74, 6) is -1.93. The minimum atomic E-state index is -4.37. The monoisotopic (exact) mass is 593 g/mol. The summed E-state index contributed by atoms with van der Waals surface area (Å²) in [5.41, 5.74) is 1.20. The van der Waals surface area contributed by atoms with Gasteiger partial charge in [0.1, 0.15) is 18.4 Å². The fourth-order valence-corrected chi connectivity index (χ4v) is 5.96. The van der Waals surface area contributed by atoms with E-state index in [4.69, 9.17) is 11.6 Å². The molecule has 0 saturated heterocycles. The molecule has 2 amide bonds. The number of nitrogens with zero attached hydrogens (tertiary/aromatic N) is 2. The lowest BCUT2D eigenvalue weighted by atomic mass is 10.0. The van der Waals surface area contributed by atoms with Crippen LogP contribution in [0.5, 0.6) is 0 Å². The Morgan fingerprint density at radius 2 is 1.41 bits per heavy atom. The molecule has 4 rings (SSSR count). The number of likely N-dealkylation sites (N-methyl/N-ethyl adjacent to an activating group) is 1. The van der Waals surface area contributed by atoms with Crippen LogP contribution in [0.25, 0.3) is 0 Å². The summed E-state index contributed by atoms with van der Waals surface area (Å²) in [6, 6.07) is 27.8. The molecule has 4 aromatic rings. The number of carbonyl (C=O) groups is 2. The van der Waals surface area contributed by atoms with Gasteiger partial charge in [0.05, 0.1) is 10.6 Å². The Bertz CT molecular complexity index is 1590. The molecule has 0 aliphatic carbocycles. The van der Waals surface area contributed by atoms with E-state index in [2.05, 4.69) is 5.32 Å². The van der Waals surface area contributed by atoms with Crippen LogP contribution < -0.4 is 9.62 Å². The van der Waals surface area contributed by atoms with Crippen LogP contribution in [0.4, 0.5) is 10.1 Å². The van der Waals surface area contributed by atoms with Crippen molar-refractivity contribution in [2.24, 2.45) is 0 Å². The Morgan fingerprint density at radius 1 is 0.829 bits per heavy atom. The van der Waals surface area contributed by atoms with Crippen molar-refractivity contribution in [2.45, 2.75) is 23.9 Å². The van der Waals surface area contributed by atoms with E-state index in [9.17, 15) is 18.0 Å². The van der Waals surface area contributed by atoms with Crippen molar-refractivity contribution in [1.82, 2.24) is 10.2 Å². The first-order chi connectivity index (χ1) is 19.7. The second-order valence-corrected chi connectivity index (χ2v) is 11.5. The van der Waals surface area contributed by atoms with Gasteiger partial charge in [-0.25, -0.2) is 12.8 Å². The van der Waals surface area contributed by atoms with Gasteiger partial charge in [0.15, 0.2) is 0 Å². The summed E-state index contributed by atoms with van der Waals surface area (Å²) in [7, 11) is -2.90. The third kappa shape index (κ3) is 7.31. The molecule has 41 heavy (non-hydrogen) atoms. The van der Waals surface area contributed by atoms with Crippen LogP contribution in [0.1, 0.15) is 11.1 Å². The molecule has 0 unspecified atom stereocenters. The van der Waals surface area contributed by atoms with Crippen LogP contribution in [0.15, 0.2) is 114 Å². The van der Waals surface area contributed by atoms with Crippen molar-refractivity contribution in [1.29, 1.82) is 0 Å². The topological polar surface area (TPSA) is 86.8 Å². The summed E-state index contributed by atoms with van der Waals surface area (Å²) >= 11 is 6.06. The molecule has 1 atom stereocenters. The predicted molar refractivity (Wildman–Crippen MR) is 157 cm³/mol.